The SMILES string of the molecule is C=CCN(CC=C)S(=O)(=O)c1ccc(I)c(C(=O)O)c1. The average Bonchev–Trinajstić information content (AvgIpc) is 2.38. The third kappa shape index (κ3) is 3.68. The lowest BCUT2D eigenvalue weighted by molar-refractivity contribution is 0.0695. The highest BCUT2D eigenvalue weighted by molar-refractivity contribution is 14.1. The second-order valence-electron chi connectivity index (χ2n) is 3.85. The average molecular weight is 407 g/mol. The maximum absolute atomic E-state index is 12.4. The van der Waals surface area contributed by atoms with Crippen LogP contribution in [-0.2, 0) is 10.0 Å². The maximum atomic E-state index is 12.4. The maximum Gasteiger partial charge on any atom is 0.336 e. The highest BCUT2D eigenvalue weighted by atomic mass is 127. The predicted molar refractivity (Wildman–Crippen MR) is 85.3 cm³/mol. The van der Waals surface area contributed by atoms with Crippen LogP contribution in [0.4, 0.5) is 0 Å². The number of carboxylic acid groups (broad SMARTS) is 1. The van der Waals surface area contributed by atoms with Crippen LogP contribution in [0.1, 0.15) is 10.4 Å². The summed E-state index contributed by atoms with van der Waals surface area (Å²) in [5.74, 6) is -1.16. The zero-order valence-corrected chi connectivity index (χ0v) is 13.6. The van der Waals surface area contributed by atoms with E-state index in [0.29, 0.717) is 3.57 Å². The number of nitrogens with zero attached hydrogens (tertiary/aromatic N) is 1. The molecule has 1 aromatic rings. The van der Waals surface area contributed by atoms with Crippen molar-refractivity contribution in [2.24, 2.45) is 0 Å². The first-order chi connectivity index (χ1) is 9.34. The molecule has 0 fully saturated rings. The Kier molecular flexibility index (Phi) is 5.90. The first-order valence-corrected chi connectivity index (χ1v) is 8.11. The molecule has 7 heteroatoms. The number of rotatable bonds is 7. The van der Waals surface area contributed by atoms with Crippen LogP contribution in [0.2, 0.25) is 0 Å². The van der Waals surface area contributed by atoms with Gasteiger partial charge in [0.05, 0.1) is 10.5 Å². The van der Waals surface area contributed by atoms with E-state index in [-0.39, 0.29) is 23.5 Å². The Hall–Kier alpha value is -1.19. The summed E-state index contributed by atoms with van der Waals surface area (Å²) in [6.45, 7) is 7.28. The van der Waals surface area contributed by atoms with E-state index in [1.807, 2.05) is 22.6 Å². The first kappa shape index (κ1) is 16.9. The lowest BCUT2D eigenvalue weighted by Crippen LogP contribution is -2.31. The Bertz CT molecular complexity index is 630. The summed E-state index contributed by atoms with van der Waals surface area (Å²) in [6, 6.07) is 4.03. The largest absolute Gasteiger partial charge is 0.478 e. The fourth-order valence-corrected chi connectivity index (χ4v) is 3.51. The van der Waals surface area contributed by atoms with E-state index in [4.69, 9.17) is 5.11 Å². The van der Waals surface area contributed by atoms with Crippen LogP contribution in [-0.4, -0.2) is 36.9 Å². The van der Waals surface area contributed by atoms with E-state index in [1.165, 1.54) is 34.7 Å². The third-order valence-corrected chi connectivity index (χ3v) is 5.24. The van der Waals surface area contributed by atoms with Crippen molar-refractivity contribution in [3.63, 3.8) is 0 Å². The van der Waals surface area contributed by atoms with Gasteiger partial charge in [0.1, 0.15) is 0 Å². The molecule has 5 nitrogen and oxygen atoms in total. The molecule has 1 N–H and O–H groups in total. The third-order valence-electron chi connectivity index (χ3n) is 2.47. The molecule has 0 aliphatic rings. The van der Waals surface area contributed by atoms with Gasteiger partial charge in [-0.3, -0.25) is 0 Å². The van der Waals surface area contributed by atoms with Gasteiger partial charge in [-0.2, -0.15) is 4.31 Å². The number of aromatic carboxylic acids is 1. The van der Waals surface area contributed by atoms with Crippen molar-refractivity contribution in [2.75, 3.05) is 13.1 Å². The zero-order valence-electron chi connectivity index (χ0n) is 10.6. The molecule has 0 atom stereocenters. The van der Waals surface area contributed by atoms with Crippen molar-refractivity contribution in [1.82, 2.24) is 4.31 Å². The van der Waals surface area contributed by atoms with Gasteiger partial charge in [0.15, 0.2) is 0 Å². The predicted octanol–water partition coefficient (Wildman–Crippen LogP) is 2.35. The van der Waals surface area contributed by atoms with Crippen LogP contribution >= 0.6 is 22.6 Å². The van der Waals surface area contributed by atoms with Gasteiger partial charge >= 0.3 is 5.97 Å². The van der Waals surface area contributed by atoms with Gasteiger partial charge in [-0.15, -0.1) is 13.2 Å². The summed E-state index contributed by atoms with van der Waals surface area (Å²) in [7, 11) is -3.77. The molecule has 0 aliphatic heterocycles. The summed E-state index contributed by atoms with van der Waals surface area (Å²) in [5, 5.41) is 9.06. The van der Waals surface area contributed by atoms with Crippen LogP contribution in [0.3, 0.4) is 0 Å². The van der Waals surface area contributed by atoms with E-state index in [2.05, 4.69) is 13.2 Å². The quantitative estimate of drug-likeness (QED) is 0.556. The van der Waals surface area contributed by atoms with Gasteiger partial charge in [0.2, 0.25) is 10.0 Å². The van der Waals surface area contributed by atoms with Crippen LogP contribution in [0.5, 0.6) is 0 Å². The Labute approximate surface area is 131 Å². The Morgan fingerprint density at radius 2 is 1.85 bits per heavy atom. The van der Waals surface area contributed by atoms with Crippen molar-refractivity contribution in [1.29, 1.82) is 0 Å². The molecule has 0 radical (unpaired) electrons. The van der Waals surface area contributed by atoms with Crippen molar-refractivity contribution in [2.45, 2.75) is 4.90 Å². The molecule has 20 heavy (non-hydrogen) atoms. The number of sulfonamides is 1. The fraction of sp³-hybridized carbons (Fsp3) is 0.154. The first-order valence-electron chi connectivity index (χ1n) is 5.59. The smallest absolute Gasteiger partial charge is 0.336 e. The molecule has 0 bridgehead atoms. The van der Waals surface area contributed by atoms with Crippen molar-refractivity contribution < 1.29 is 18.3 Å². The molecule has 0 amide bonds. The molecule has 0 unspecified atom stereocenters. The number of halogens is 1. The van der Waals surface area contributed by atoms with Gasteiger partial charge in [-0.05, 0) is 40.8 Å². The lowest BCUT2D eigenvalue weighted by Gasteiger charge is -2.19. The number of hydrogen-bond acceptors (Lipinski definition) is 3. The Balaban J connectivity index is 3.33. The minimum atomic E-state index is -3.77. The molecule has 0 heterocycles. The van der Waals surface area contributed by atoms with E-state index < -0.39 is 16.0 Å². The van der Waals surface area contributed by atoms with Gasteiger partial charge in [-0.25, -0.2) is 13.2 Å². The molecule has 0 aromatic heterocycles. The Morgan fingerprint density at radius 3 is 2.30 bits per heavy atom. The van der Waals surface area contributed by atoms with Gasteiger partial charge < -0.3 is 5.11 Å². The number of carbonyl (C=O) groups is 1. The van der Waals surface area contributed by atoms with E-state index in [1.54, 1.807) is 0 Å². The lowest BCUT2D eigenvalue weighted by atomic mass is 10.2. The van der Waals surface area contributed by atoms with Crippen LogP contribution < -0.4 is 0 Å². The normalized spacial score (nSPS) is 11.3. The molecule has 0 aliphatic carbocycles. The molecule has 0 spiro atoms. The summed E-state index contributed by atoms with van der Waals surface area (Å²) in [6.07, 6.45) is 2.93. The minimum absolute atomic E-state index is 0.0381. The summed E-state index contributed by atoms with van der Waals surface area (Å²) >= 11 is 1.85. The van der Waals surface area contributed by atoms with Crippen molar-refractivity contribution in [3.8, 4) is 0 Å². The van der Waals surface area contributed by atoms with Crippen LogP contribution in [0.15, 0.2) is 48.4 Å². The second-order valence-corrected chi connectivity index (χ2v) is 6.95. The molecule has 108 valence electrons. The standard InChI is InChI=1S/C13H14INO4S/c1-3-7-15(8-4-2)20(18,19)10-5-6-12(14)11(9-10)13(16)17/h3-6,9H,1-2,7-8H2,(H,16,17). The molecule has 1 rings (SSSR count). The molecular formula is C13H14INO4S. The van der Waals surface area contributed by atoms with Crippen molar-refractivity contribution >= 4 is 38.6 Å². The number of hydrogen-bond donors (Lipinski definition) is 1. The minimum Gasteiger partial charge on any atom is -0.478 e. The summed E-state index contributed by atoms with van der Waals surface area (Å²) in [4.78, 5) is 11.0. The van der Waals surface area contributed by atoms with E-state index >= 15 is 0 Å². The van der Waals surface area contributed by atoms with Gasteiger partial charge in [0.25, 0.3) is 0 Å². The summed E-state index contributed by atoms with van der Waals surface area (Å²) in [5.41, 5.74) is -0.0381. The molecule has 1 aromatic carbocycles. The van der Waals surface area contributed by atoms with Crippen LogP contribution in [0.25, 0.3) is 0 Å². The van der Waals surface area contributed by atoms with E-state index in [9.17, 15) is 13.2 Å². The van der Waals surface area contributed by atoms with Gasteiger partial charge in [-0.1, -0.05) is 12.2 Å². The Morgan fingerprint density at radius 1 is 1.30 bits per heavy atom. The monoisotopic (exact) mass is 407 g/mol. The number of carboxylic acids is 1. The summed E-state index contributed by atoms with van der Waals surface area (Å²) < 4.78 is 26.5. The van der Waals surface area contributed by atoms with Crippen LogP contribution in [0, 0.1) is 3.57 Å². The molecule has 0 saturated heterocycles. The fourth-order valence-electron chi connectivity index (χ4n) is 1.54. The molecular weight excluding hydrogens is 393 g/mol. The highest BCUT2D eigenvalue weighted by Crippen LogP contribution is 2.21. The second kappa shape index (κ2) is 7.00. The zero-order chi connectivity index (χ0) is 15.3. The molecule has 0 saturated carbocycles. The van der Waals surface area contributed by atoms with E-state index in [0.717, 1.165) is 0 Å². The topological polar surface area (TPSA) is 74.7 Å². The number of benzene rings is 1. The van der Waals surface area contributed by atoms with Gasteiger partial charge in [0, 0.05) is 16.7 Å². The van der Waals surface area contributed by atoms with Crippen molar-refractivity contribution in [3.05, 3.63) is 52.6 Å². The highest BCUT2D eigenvalue weighted by Gasteiger charge is 2.24.